The van der Waals surface area contributed by atoms with Crippen LogP contribution in [0.5, 0.6) is 5.88 Å². The van der Waals surface area contributed by atoms with Gasteiger partial charge in [0.2, 0.25) is 5.88 Å². The molecule has 32 heavy (non-hydrogen) atoms. The minimum Gasteiger partial charge on any atom is -0.474 e. The topological polar surface area (TPSA) is 88.3 Å². The Morgan fingerprint density at radius 3 is 2.75 bits per heavy atom. The summed E-state index contributed by atoms with van der Waals surface area (Å²) in [7, 11) is 0. The summed E-state index contributed by atoms with van der Waals surface area (Å²) in [6, 6.07) is 2.83. The largest absolute Gasteiger partial charge is 0.474 e. The second kappa shape index (κ2) is 9.29. The molecule has 0 N–H and O–H groups in total. The Bertz CT molecular complexity index is 939. The zero-order valence-electron chi connectivity index (χ0n) is 18.9. The highest BCUT2D eigenvalue weighted by Gasteiger charge is 2.38. The van der Waals surface area contributed by atoms with Crippen molar-refractivity contribution in [1.29, 1.82) is 5.26 Å². The Labute approximate surface area is 189 Å². The first kappa shape index (κ1) is 21.5. The van der Waals surface area contributed by atoms with Crippen LogP contribution in [0.1, 0.15) is 63.1 Å². The van der Waals surface area contributed by atoms with Gasteiger partial charge in [0.15, 0.2) is 0 Å². The quantitative estimate of drug-likeness (QED) is 0.676. The molecule has 170 valence electrons. The number of hydrogen-bond donors (Lipinski definition) is 0. The van der Waals surface area contributed by atoms with Crippen LogP contribution in [0.4, 0.5) is 0 Å². The summed E-state index contributed by atoms with van der Waals surface area (Å²) in [6.07, 6.45) is 9.62. The number of nitriles is 1. The molecule has 0 amide bonds. The van der Waals surface area contributed by atoms with Crippen molar-refractivity contribution in [3.8, 4) is 11.9 Å². The molecule has 0 aromatic carbocycles. The van der Waals surface area contributed by atoms with Crippen LogP contribution < -0.4 is 4.74 Å². The number of fused-ring (bicyclic) bond motifs is 2. The summed E-state index contributed by atoms with van der Waals surface area (Å²) < 4.78 is 12.0. The maximum absolute atomic E-state index is 11.9. The van der Waals surface area contributed by atoms with E-state index in [9.17, 15) is 10.1 Å². The van der Waals surface area contributed by atoms with Gasteiger partial charge < -0.3 is 9.47 Å². The first-order valence-corrected chi connectivity index (χ1v) is 12.1. The molecular weight excluding hydrogens is 404 g/mol. The van der Waals surface area contributed by atoms with Crippen molar-refractivity contribution in [3.05, 3.63) is 23.2 Å². The fourth-order valence-corrected chi connectivity index (χ4v) is 6.04. The van der Waals surface area contributed by atoms with Crippen LogP contribution >= 0.6 is 0 Å². The van der Waals surface area contributed by atoms with Crippen molar-refractivity contribution in [3.63, 3.8) is 0 Å². The van der Waals surface area contributed by atoms with Gasteiger partial charge in [-0.2, -0.15) is 5.26 Å². The van der Waals surface area contributed by atoms with Gasteiger partial charge >= 0.3 is 0 Å². The average molecular weight is 437 g/mol. The molecule has 0 spiro atoms. The van der Waals surface area contributed by atoms with E-state index in [4.69, 9.17) is 9.47 Å². The van der Waals surface area contributed by atoms with Crippen molar-refractivity contribution in [2.45, 2.75) is 70.4 Å². The molecule has 4 aliphatic rings. The summed E-state index contributed by atoms with van der Waals surface area (Å²) in [4.78, 5) is 23.6. The van der Waals surface area contributed by atoms with Gasteiger partial charge in [-0.25, -0.2) is 9.97 Å². The van der Waals surface area contributed by atoms with Crippen LogP contribution in [0.25, 0.3) is 5.57 Å². The van der Waals surface area contributed by atoms with E-state index in [-0.39, 0.29) is 17.8 Å². The molecule has 2 fully saturated rings. The van der Waals surface area contributed by atoms with Crippen molar-refractivity contribution < 1.29 is 14.3 Å². The molecule has 1 aromatic rings. The van der Waals surface area contributed by atoms with Gasteiger partial charge in [-0.3, -0.25) is 9.69 Å². The number of allylic oxidation sites excluding steroid dienone is 2. The highest BCUT2D eigenvalue weighted by molar-refractivity contribution is 5.83. The molecule has 1 unspecified atom stereocenters. The smallest absolute Gasteiger partial charge is 0.224 e. The lowest BCUT2D eigenvalue weighted by Crippen LogP contribution is -2.46. The first-order valence-electron chi connectivity index (χ1n) is 12.1. The van der Waals surface area contributed by atoms with Crippen LogP contribution in [-0.2, 0) is 16.0 Å². The number of hydrogen-bond acceptors (Lipinski definition) is 7. The molecule has 1 aliphatic heterocycles. The number of morpholine rings is 1. The second-order valence-corrected chi connectivity index (χ2v) is 9.65. The van der Waals surface area contributed by atoms with Crippen molar-refractivity contribution in [1.82, 2.24) is 14.9 Å². The Hall–Kier alpha value is -2.30. The fraction of sp³-hybridized carbons (Fsp3) is 0.680. The van der Waals surface area contributed by atoms with Gasteiger partial charge in [0.05, 0.1) is 30.5 Å². The monoisotopic (exact) mass is 436 g/mol. The van der Waals surface area contributed by atoms with E-state index in [1.165, 1.54) is 18.1 Å². The van der Waals surface area contributed by atoms with Crippen molar-refractivity contribution >= 4 is 11.4 Å². The van der Waals surface area contributed by atoms with E-state index in [1.807, 2.05) is 0 Å². The lowest BCUT2D eigenvalue weighted by molar-refractivity contribution is -0.119. The molecule has 1 aromatic heterocycles. The van der Waals surface area contributed by atoms with E-state index in [0.29, 0.717) is 18.3 Å². The predicted molar refractivity (Wildman–Crippen MR) is 119 cm³/mol. The van der Waals surface area contributed by atoms with Gasteiger partial charge in [0.1, 0.15) is 24.1 Å². The molecule has 7 nitrogen and oxygen atoms in total. The molecule has 0 radical (unpaired) electrons. The van der Waals surface area contributed by atoms with Gasteiger partial charge in [0.25, 0.3) is 0 Å². The number of carbonyl (C=O) groups is 1. The molecule has 2 atom stereocenters. The van der Waals surface area contributed by atoms with E-state index in [2.05, 4.69) is 20.9 Å². The SMILES string of the molecule is CC(=O)C(C#N)C[C@H]1CCC2=C1c1c(ncnc1OC1CCC(N3CCOCC3)CC1)C2. The minimum absolute atomic E-state index is 0.0439. The fourth-order valence-electron chi connectivity index (χ4n) is 6.04. The molecular formula is C25H32N4O3. The molecule has 7 heteroatoms. The first-order chi connectivity index (χ1) is 15.6. The summed E-state index contributed by atoms with van der Waals surface area (Å²) in [5.74, 6) is 0.334. The number of carbonyl (C=O) groups excluding carboxylic acids is 1. The lowest BCUT2D eigenvalue weighted by Gasteiger charge is -2.38. The van der Waals surface area contributed by atoms with Crippen LogP contribution in [0.3, 0.4) is 0 Å². The maximum atomic E-state index is 11.9. The summed E-state index contributed by atoms with van der Waals surface area (Å²) in [6.45, 7) is 5.29. The lowest BCUT2D eigenvalue weighted by atomic mass is 9.86. The normalized spacial score (nSPS) is 28.7. The number of ether oxygens (including phenoxy) is 2. The average Bonchev–Trinajstić information content (AvgIpc) is 3.38. The van der Waals surface area contributed by atoms with Gasteiger partial charge in [0, 0.05) is 25.6 Å². The number of rotatable bonds is 6. The van der Waals surface area contributed by atoms with Crippen LogP contribution in [0, 0.1) is 23.2 Å². The third-order valence-corrected chi connectivity index (χ3v) is 7.78. The van der Waals surface area contributed by atoms with Crippen LogP contribution in [-0.4, -0.2) is 59.1 Å². The van der Waals surface area contributed by atoms with Crippen molar-refractivity contribution in [2.24, 2.45) is 11.8 Å². The number of Topliss-reactive ketones (excluding diaryl/α,β-unsaturated/α-hetero) is 1. The third-order valence-electron chi connectivity index (χ3n) is 7.78. The highest BCUT2D eigenvalue weighted by atomic mass is 16.5. The Balaban J connectivity index is 1.28. The molecule has 3 aliphatic carbocycles. The van der Waals surface area contributed by atoms with Gasteiger partial charge in [-0.1, -0.05) is 5.57 Å². The molecule has 1 saturated heterocycles. The Morgan fingerprint density at radius 1 is 1.25 bits per heavy atom. The zero-order valence-corrected chi connectivity index (χ0v) is 18.9. The predicted octanol–water partition coefficient (Wildman–Crippen LogP) is 3.34. The number of aromatic nitrogens is 2. The zero-order chi connectivity index (χ0) is 22.1. The van der Waals surface area contributed by atoms with E-state index in [1.54, 1.807) is 6.33 Å². The van der Waals surface area contributed by atoms with E-state index < -0.39 is 5.92 Å². The third kappa shape index (κ3) is 4.18. The number of nitrogens with zero attached hydrogens (tertiary/aromatic N) is 4. The standard InChI is InChI=1S/C25H32N4O3/c1-16(30)19(14-26)12-17-2-3-18-13-22-24(23(17)18)25(28-15-27-22)32-21-6-4-20(5-7-21)29-8-10-31-11-9-29/h15,17,19-21H,2-13H2,1H3/t17-,19?,20?,21?/m1/s1. The number of ketones is 1. The van der Waals surface area contributed by atoms with Gasteiger partial charge in [-0.05, 0) is 63.4 Å². The minimum atomic E-state index is -0.541. The maximum Gasteiger partial charge on any atom is 0.224 e. The highest BCUT2D eigenvalue weighted by Crippen LogP contribution is 2.50. The summed E-state index contributed by atoms with van der Waals surface area (Å²) in [5.41, 5.74) is 4.76. The summed E-state index contributed by atoms with van der Waals surface area (Å²) >= 11 is 0. The second-order valence-electron chi connectivity index (χ2n) is 9.65. The van der Waals surface area contributed by atoms with E-state index >= 15 is 0 Å². The van der Waals surface area contributed by atoms with Crippen LogP contribution in [0.15, 0.2) is 11.9 Å². The van der Waals surface area contributed by atoms with E-state index in [0.717, 1.165) is 82.5 Å². The molecule has 5 rings (SSSR count). The Morgan fingerprint density at radius 2 is 2.03 bits per heavy atom. The van der Waals surface area contributed by atoms with Crippen molar-refractivity contribution in [2.75, 3.05) is 26.3 Å². The van der Waals surface area contributed by atoms with Crippen LogP contribution in [0.2, 0.25) is 0 Å². The summed E-state index contributed by atoms with van der Waals surface area (Å²) in [5, 5.41) is 9.43. The molecule has 2 heterocycles. The molecule has 1 saturated carbocycles. The Kier molecular flexibility index (Phi) is 6.25. The molecule has 0 bridgehead atoms. The van der Waals surface area contributed by atoms with Gasteiger partial charge in [-0.15, -0.1) is 0 Å².